The minimum atomic E-state index is -0.985. The summed E-state index contributed by atoms with van der Waals surface area (Å²) in [5.74, 6) is 0.00394. The molecule has 1 unspecified atom stereocenters. The number of ether oxygens (including phenoxy) is 1. The highest BCUT2D eigenvalue weighted by Gasteiger charge is 2.47. The third-order valence-corrected chi connectivity index (χ3v) is 7.02. The Balaban J connectivity index is 1.82. The van der Waals surface area contributed by atoms with Gasteiger partial charge < -0.3 is 20.1 Å². The number of quaternary nitrogens is 1. The predicted octanol–water partition coefficient (Wildman–Crippen LogP) is 4.18. The van der Waals surface area contributed by atoms with Gasteiger partial charge in [-0.3, -0.25) is 4.68 Å². The van der Waals surface area contributed by atoms with Gasteiger partial charge in [0.15, 0.2) is 0 Å². The fourth-order valence-electron chi connectivity index (χ4n) is 4.85. The molecule has 0 aliphatic carbocycles. The molecule has 2 N–H and O–H groups in total. The van der Waals surface area contributed by atoms with Crippen molar-refractivity contribution in [2.24, 2.45) is 0 Å². The number of carboxylic acid groups (broad SMARTS) is 1. The van der Waals surface area contributed by atoms with Crippen LogP contribution in [0.4, 0.5) is 15.3 Å². The van der Waals surface area contributed by atoms with Gasteiger partial charge in [-0.1, -0.05) is 5.21 Å². The van der Waals surface area contributed by atoms with Crippen LogP contribution in [0, 0.1) is 0 Å². The Kier molecular flexibility index (Phi) is 8.26. The number of carbonyl (C=O) groups is 3. The SMILES string of the molecule is CCN(C(=O)O)[C@@H]1C[C@H](C)[N+](C)(C(C)=O)c2ccc(-c3cn(CCCNC(=O)OC(C)(C)C)nn3)cc21. The lowest BCUT2D eigenvalue weighted by Gasteiger charge is -2.45. The molecule has 0 spiro atoms. The molecule has 0 radical (unpaired) electrons. The number of fused-ring (bicyclic) bond motifs is 1. The van der Waals surface area contributed by atoms with Gasteiger partial charge >= 0.3 is 18.1 Å². The molecule has 11 nitrogen and oxygen atoms in total. The lowest BCUT2D eigenvalue weighted by molar-refractivity contribution is -0.129. The Morgan fingerprint density at radius 3 is 2.59 bits per heavy atom. The van der Waals surface area contributed by atoms with Crippen LogP contribution in [-0.2, 0) is 16.1 Å². The van der Waals surface area contributed by atoms with E-state index in [1.54, 1.807) is 11.6 Å². The Labute approximate surface area is 218 Å². The van der Waals surface area contributed by atoms with Crippen LogP contribution in [0.5, 0.6) is 0 Å². The average Bonchev–Trinajstić information content (AvgIpc) is 3.27. The van der Waals surface area contributed by atoms with Gasteiger partial charge in [-0.05, 0) is 53.2 Å². The zero-order valence-corrected chi connectivity index (χ0v) is 22.8. The smallest absolute Gasteiger partial charge is 0.407 e. The van der Waals surface area contributed by atoms with E-state index in [0.717, 1.165) is 16.8 Å². The van der Waals surface area contributed by atoms with Crippen molar-refractivity contribution in [2.45, 2.75) is 78.6 Å². The number of amides is 3. The van der Waals surface area contributed by atoms with Gasteiger partial charge in [0.05, 0.1) is 32.3 Å². The fourth-order valence-corrected chi connectivity index (χ4v) is 4.85. The monoisotopic (exact) mass is 515 g/mol. The number of rotatable bonds is 7. The molecular formula is C26H39N6O5+. The second-order valence-electron chi connectivity index (χ2n) is 10.7. The third-order valence-electron chi connectivity index (χ3n) is 7.02. The molecule has 0 saturated heterocycles. The highest BCUT2D eigenvalue weighted by molar-refractivity contribution is 5.89. The molecule has 3 atom stereocenters. The third kappa shape index (κ3) is 6.10. The molecule has 11 heteroatoms. The van der Waals surface area contributed by atoms with E-state index >= 15 is 0 Å². The van der Waals surface area contributed by atoms with Crippen molar-refractivity contribution in [1.29, 1.82) is 0 Å². The summed E-state index contributed by atoms with van der Waals surface area (Å²) < 4.78 is 7.05. The molecule has 2 aromatic rings. The van der Waals surface area contributed by atoms with E-state index < -0.39 is 17.8 Å². The Bertz CT molecular complexity index is 1160. The number of nitrogens with one attached hydrogen (secondary N) is 1. The van der Waals surface area contributed by atoms with Crippen LogP contribution in [0.15, 0.2) is 24.4 Å². The standard InChI is InChI=1S/C26H38N6O5/c1-8-31(25(35)36)22-14-17(2)32(7,18(3)33)23-11-10-19(15-20(22)23)21-16-30(29-28-21)13-9-12-27-24(34)37-26(4,5)6/h10-11,15-17,22H,8-9,12-14H2,1-7H3,(H-,27,34,35,36)/p+1/t17-,22+,32?/m0/s1. The molecular weight excluding hydrogens is 476 g/mol. The van der Waals surface area contributed by atoms with Crippen molar-refractivity contribution in [2.75, 3.05) is 20.1 Å². The second-order valence-corrected chi connectivity index (χ2v) is 10.7. The number of hydrogen-bond acceptors (Lipinski definition) is 6. The first-order chi connectivity index (χ1) is 17.3. The molecule has 1 aliphatic heterocycles. The van der Waals surface area contributed by atoms with E-state index in [2.05, 4.69) is 15.6 Å². The van der Waals surface area contributed by atoms with E-state index in [-0.39, 0.29) is 22.5 Å². The number of aromatic nitrogens is 3. The summed E-state index contributed by atoms with van der Waals surface area (Å²) in [7, 11) is 1.89. The summed E-state index contributed by atoms with van der Waals surface area (Å²) in [5, 5.41) is 21.1. The maximum atomic E-state index is 12.7. The number of hydrogen-bond donors (Lipinski definition) is 2. The first-order valence-corrected chi connectivity index (χ1v) is 12.7. The molecule has 0 fully saturated rings. The summed E-state index contributed by atoms with van der Waals surface area (Å²) in [5.41, 5.74) is 2.52. The molecule has 0 saturated carbocycles. The first-order valence-electron chi connectivity index (χ1n) is 12.7. The molecule has 0 bridgehead atoms. The van der Waals surface area contributed by atoms with Crippen LogP contribution in [0.1, 0.15) is 66.0 Å². The summed E-state index contributed by atoms with van der Waals surface area (Å²) in [4.78, 5) is 38.0. The Morgan fingerprint density at radius 2 is 2.00 bits per heavy atom. The maximum Gasteiger partial charge on any atom is 0.407 e. The molecule has 3 rings (SSSR count). The molecule has 2 heterocycles. The number of aryl methyl sites for hydroxylation is 1. The Hall–Kier alpha value is -3.47. The van der Waals surface area contributed by atoms with Gasteiger partial charge in [0.1, 0.15) is 17.0 Å². The summed E-state index contributed by atoms with van der Waals surface area (Å²) in [6.07, 6.45) is 1.56. The number of alkyl carbamates (subject to hydrolysis) is 1. The molecule has 202 valence electrons. The zero-order valence-electron chi connectivity index (χ0n) is 22.8. The number of nitrogens with zero attached hydrogens (tertiary/aromatic N) is 5. The van der Waals surface area contributed by atoms with Crippen molar-refractivity contribution in [3.8, 4) is 11.3 Å². The minimum Gasteiger partial charge on any atom is -0.465 e. The van der Waals surface area contributed by atoms with Crippen LogP contribution >= 0.6 is 0 Å². The van der Waals surface area contributed by atoms with Crippen molar-refractivity contribution >= 4 is 23.8 Å². The van der Waals surface area contributed by atoms with Gasteiger partial charge in [0.25, 0.3) is 0 Å². The van der Waals surface area contributed by atoms with Crippen molar-refractivity contribution < 1.29 is 24.2 Å². The summed E-state index contributed by atoms with van der Waals surface area (Å²) >= 11 is 0. The van der Waals surface area contributed by atoms with Gasteiger partial charge in [-0.25, -0.2) is 18.9 Å². The Morgan fingerprint density at radius 1 is 1.30 bits per heavy atom. The van der Waals surface area contributed by atoms with E-state index in [9.17, 15) is 19.5 Å². The highest BCUT2D eigenvalue weighted by Crippen LogP contribution is 2.45. The van der Waals surface area contributed by atoms with Crippen LogP contribution in [0.3, 0.4) is 0 Å². The van der Waals surface area contributed by atoms with Gasteiger partial charge in [-0.15, -0.1) is 5.10 Å². The molecule has 1 aromatic heterocycles. The lowest BCUT2D eigenvalue weighted by Crippen LogP contribution is -2.60. The van der Waals surface area contributed by atoms with Crippen molar-refractivity contribution in [1.82, 2.24) is 29.7 Å². The van der Waals surface area contributed by atoms with Crippen LogP contribution < -0.4 is 9.80 Å². The topological polar surface area (TPSA) is 127 Å². The summed E-state index contributed by atoms with van der Waals surface area (Å²) in [6, 6.07) is 5.31. The average molecular weight is 516 g/mol. The molecule has 3 amide bonds. The molecule has 37 heavy (non-hydrogen) atoms. The largest absolute Gasteiger partial charge is 0.465 e. The van der Waals surface area contributed by atoms with E-state index in [1.807, 2.05) is 66.1 Å². The van der Waals surface area contributed by atoms with Crippen LogP contribution in [-0.4, -0.2) is 74.9 Å². The van der Waals surface area contributed by atoms with Crippen LogP contribution in [0.25, 0.3) is 11.3 Å². The van der Waals surface area contributed by atoms with Gasteiger partial charge in [0, 0.05) is 43.2 Å². The van der Waals surface area contributed by atoms with Crippen LogP contribution in [0.2, 0.25) is 0 Å². The molecule has 1 aromatic carbocycles. The fraction of sp³-hybridized carbons (Fsp3) is 0.577. The first kappa shape index (κ1) is 28.1. The van der Waals surface area contributed by atoms with E-state index in [4.69, 9.17) is 4.74 Å². The van der Waals surface area contributed by atoms with E-state index in [1.165, 1.54) is 4.90 Å². The number of benzene rings is 1. The quantitative estimate of drug-likeness (QED) is 0.418. The van der Waals surface area contributed by atoms with Gasteiger partial charge in [0.2, 0.25) is 0 Å². The zero-order chi connectivity index (χ0) is 27.5. The number of carbonyl (C=O) groups excluding carboxylic acids is 2. The normalized spacial score (nSPS) is 21.2. The highest BCUT2D eigenvalue weighted by atomic mass is 16.6. The predicted molar refractivity (Wildman–Crippen MR) is 140 cm³/mol. The summed E-state index contributed by atoms with van der Waals surface area (Å²) in [6.45, 7) is 12.2. The van der Waals surface area contributed by atoms with E-state index in [0.29, 0.717) is 38.2 Å². The van der Waals surface area contributed by atoms with Gasteiger partial charge in [-0.2, -0.15) is 0 Å². The minimum absolute atomic E-state index is 0.00394. The second kappa shape index (κ2) is 10.9. The lowest BCUT2D eigenvalue weighted by atomic mass is 9.87. The molecule has 1 aliphatic rings. The van der Waals surface area contributed by atoms with Crippen molar-refractivity contribution in [3.63, 3.8) is 0 Å². The van der Waals surface area contributed by atoms with Crippen molar-refractivity contribution in [3.05, 3.63) is 30.0 Å². The maximum absolute atomic E-state index is 12.7.